The maximum atomic E-state index is 12.2. The SMILES string of the molecule is COc1cc(CN2CCN(C(=O)CCC(C)N)CC2)cc(OC)c1. The molecule has 0 saturated carbocycles. The number of ether oxygens (including phenoxy) is 2. The Kier molecular flexibility index (Phi) is 6.87. The summed E-state index contributed by atoms with van der Waals surface area (Å²) in [5, 5.41) is 0. The van der Waals surface area contributed by atoms with Crippen LogP contribution in [0.1, 0.15) is 25.3 Å². The highest BCUT2D eigenvalue weighted by atomic mass is 16.5. The minimum atomic E-state index is 0.0817. The maximum Gasteiger partial charge on any atom is 0.222 e. The van der Waals surface area contributed by atoms with E-state index < -0.39 is 0 Å². The van der Waals surface area contributed by atoms with Gasteiger partial charge in [0, 0.05) is 51.3 Å². The summed E-state index contributed by atoms with van der Waals surface area (Å²) >= 11 is 0. The predicted octanol–water partition coefficient (Wildman–Crippen LogP) is 1.48. The third-order valence-electron chi connectivity index (χ3n) is 4.36. The number of carbonyl (C=O) groups excluding carboxylic acids is 1. The Hall–Kier alpha value is -1.79. The van der Waals surface area contributed by atoms with Gasteiger partial charge in [0.1, 0.15) is 11.5 Å². The van der Waals surface area contributed by atoms with Gasteiger partial charge in [0.15, 0.2) is 0 Å². The third kappa shape index (κ3) is 5.39. The zero-order valence-corrected chi connectivity index (χ0v) is 15.0. The molecule has 0 bridgehead atoms. The molecule has 1 atom stereocenters. The summed E-state index contributed by atoms with van der Waals surface area (Å²) in [5.41, 5.74) is 6.88. The summed E-state index contributed by atoms with van der Waals surface area (Å²) in [4.78, 5) is 16.5. The molecule has 1 fully saturated rings. The summed E-state index contributed by atoms with van der Waals surface area (Å²) in [6.07, 6.45) is 1.30. The molecule has 2 rings (SSSR count). The number of carbonyl (C=O) groups is 1. The number of methoxy groups -OCH3 is 2. The number of hydrogen-bond acceptors (Lipinski definition) is 5. The first-order valence-electron chi connectivity index (χ1n) is 8.49. The van der Waals surface area contributed by atoms with Gasteiger partial charge < -0.3 is 20.1 Å². The van der Waals surface area contributed by atoms with E-state index in [4.69, 9.17) is 15.2 Å². The second-order valence-electron chi connectivity index (χ2n) is 6.39. The highest BCUT2D eigenvalue weighted by Crippen LogP contribution is 2.23. The highest BCUT2D eigenvalue weighted by Gasteiger charge is 2.21. The summed E-state index contributed by atoms with van der Waals surface area (Å²) < 4.78 is 10.6. The average molecular weight is 335 g/mol. The molecule has 1 aliphatic heterocycles. The number of piperazine rings is 1. The van der Waals surface area contributed by atoms with Gasteiger partial charge in [-0.15, -0.1) is 0 Å². The van der Waals surface area contributed by atoms with Crippen LogP contribution in [0.5, 0.6) is 11.5 Å². The molecule has 0 aliphatic carbocycles. The Balaban J connectivity index is 1.86. The molecule has 1 amide bonds. The molecule has 6 nitrogen and oxygen atoms in total. The van der Waals surface area contributed by atoms with Gasteiger partial charge in [-0.25, -0.2) is 0 Å². The normalized spacial score (nSPS) is 16.8. The van der Waals surface area contributed by atoms with Crippen molar-refractivity contribution in [2.24, 2.45) is 5.73 Å². The molecule has 0 spiro atoms. The molecular formula is C18H29N3O3. The van der Waals surface area contributed by atoms with Crippen LogP contribution in [0.4, 0.5) is 0 Å². The molecule has 1 unspecified atom stereocenters. The lowest BCUT2D eigenvalue weighted by atomic mass is 10.1. The van der Waals surface area contributed by atoms with Crippen LogP contribution >= 0.6 is 0 Å². The zero-order chi connectivity index (χ0) is 17.5. The molecular weight excluding hydrogens is 306 g/mol. The Labute approximate surface area is 144 Å². The second kappa shape index (κ2) is 8.89. The molecule has 1 aromatic rings. The summed E-state index contributed by atoms with van der Waals surface area (Å²) in [6, 6.07) is 6.02. The van der Waals surface area contributed by atoms with Crippen molar-refractivity contribution >= 4 is 5.91 Å². The Bertz CT molecular complexity index is 518. The number of nitrogens with two attached hydrogens (primary N) is 1. The van der Waals surface area contributed by atoms with Crippen molar-refractivity contribution in [2.75, 3.05) is 40.4 Å². The minimum Gasteiger partial charge on any atom is -0.497 e. The van der Waals surface area contributed by atoms with Gasteiger partial charge in [0.2, 0.25) is 5.91 Å². The number of benzene rings is 1. The van der Waals surface area contributed by atoms with Crippen molar-refractivity contribution in [3.63, 3.8) is 0 Å². The second-order valence-corrected chi connectivity index (χ2v) is 6.39. The fraction of sp³-hybridized carbons (Fsp3) is 0.611. The molecule has 1 saturated heterocycles. The molecule has 0 aromatic heterocycles. The van der Waals surface area contributed by atoms with E-state index in [0.29, 0.717) is 6.42 Å². The lowest BCUT2D eigenvalue weighted by Gasteiger charge is -2.35. The van der Waals surface area contributed by atoms with Crippen molar-refractivity contribution in [3.05, 3.63) is 23.8 Å². The van der Waals surface area contributed by atoms with Crippen LogP contribution in [0.2, 0.25) is 0 Å². The van der Waals surface area contributed by atoms with Gasteiger partial charge in [-0.2, -0.15) is 0 Å². The fourth-order valence-corrected chi connectivity index (χ4v) is 2.88. The molecule has 1 aromatic carbocycles. The Morgan fingerprint density at radius 1 is 1.12 bits per heavy atom. The lowest BCUT2D eigenvalue weighted by Crippen LogP contribution is -2.48. The van der Waals surface area contributed by atoms with Gasteiger partial charge in [-0.1, -0.05) is 0 Å². The fourth-order valence-electron chi connectivity index (χ4n) is 2.88. The molecule has 24 heavy (non-hydrogen) atoms. The molecule has 1 aliphatic rings. The van der Waals surface area contributed by atoms with Crippen molar-refractivity contribution < 1.29 is 14.3 Å². The highest BCUT2D eigenvalue weighted by molar-refractivity contribution is 5.76. The quantitative estimate of drug-likeness (QED) is 0.817. The number of nitrogens with zero attached hydrogens (tertiary/aromatic N) is 2. The lowest BCUT2D eigenvalue weighted by molar-refractivity contribution is -0.133. The van der Waals surface area contributed by atoms with E-state index in [0.717, 1.165) is 56.2 Å². The van der Waals surface area contributed by atoms with Crippen molar-refractivity contribution in [1.82, 2.24) is 9.80 Å². The van der Waals surface area contributed by atoms with E-state index in [9.17, 15) is 4.79 Å². The molecule has 1 heterocycles. The number of hydrogen-bond donors (Lipinski definition) is 1. The largest absolute Gasteiger partial charge is 0.497 e. The van der Waals surface area contributed by atoms with E-state index in [2.05, 4.69) is 4.90 Å². The van der Waals surface area contributed by atoms with Gasteiger partial charge in [0.25, 0.3) is 0 Å². The van der Waals surface area contributed by atoms with Gasteiger partial charge in [0.05, 0.1) is 14.2 Å². The Morgan fingerprint density at radius 3 is 2.21 bits per heavy atom. The van der Waals surface area contributed by atoms with Crippen molar-refractivity contribution in [3.8, 4) is 11.5 Å². The van der Waals surface area contributed by atoms with Crippen LogP contribution < -0.4 is 15.2 Å². The molecule has 6 heteroatoms. The number of rotatable bonds is 7. The Morgan fingerprint density at radius 2 is 1.71 bits per heavy atom. The minimum absolute atomic E-state index is 0.0817. The third-order valence-corrected chi connectivity index (χ3v) is 4.36. The zero-order valence-electron chi connectivity index (χ0n) is 15.0. The van der Waals surface area contributed by atoms with Gasteiger partial charge >= 0.3 is 0 Å². The van der Waals surface area contributed by atoms with Crippen molar-refractivity contribution in [2.45, 2.75) is 32.4 Å². The molecule has 134 valence electrons. The van der Waals surface area contributed by atoms with E-state index in [1.807, 2.05) is 30.0 Å². The number of amides is 1. The van der Waals surface area contributed by atoms with E-state index >= 15 is 0 Å². The van der Waals surface area contributed by atoms with Crippen LogP contribution in [0.3, 0.4) is 0 Å². The van der Waals surface area contributed by atoms with Gasteiger partial charge in [-0.3, -0.25) is 9.69 Å². The van der Waals surface area contributed by atoms with Crippen molar-refractivity contribution in [1.29, 1.82) is 0 Å². The summed E-state index contributed by atoms with van der Waals surface area (Å²) in [7, 11) is 3.32. The van der Waals surface area contributed by atoms with E-state index in [1.165, 1.54) is 0 Å². The summed E-state index contributed by atoms with van der Waals surface area (Å²) in [6.45, 7) is 6.08. The van der Waals surface area contributed by atoms with E-state index in [1.54, 1.807) is 14.2 Å². The smallest absolute Gasteiger partial charge is 0.222 e. The monoisotopic (exact) mass is 335 g/mol. The van der Waals surface area contributed by atoms with E-state index in [-0.39, 0.29) is 11.9 Å². The average Bonchev–Trinajstić information content (AvgIpc) is 2.59. The maximum absolute atomic E-state index is 12.2. The first-order chi connectivity index (χ1) is 11.5. The topological polar surface area (TPSA) is 68.0 Å². The van der Waals surface area contributed by atoms with Gasteiger partial charge in [-0.05, 0) is 31.0 Å². The van der Waals surface area contributed by atoms with Crippen LogP contribution in [0, 0.1) is 0 Å². The standard InChI is InChI=1S/C18H29N3O3/c1-14(19)4-5-18(22)21-8-6-20(7-9-21)13-15-10-16(23-2)12-17(11-15)24-3/h10-12,14H,4-9,13,19H2,1-3H3. The van der Waals surface area contributed by atoms with Crippen LogP contribution in [-0.4, -0.2) is 62.1 Å². The molecule has 0 radical (unpaired) electrons. The first kappa shape index (κ1) is 18.5. The predicted molar refractivity (Wildman–Crippen MR) is 94.3 cm³/mol. The first-order valence-corrected chi connectivity index (χ1v) is 8.49. The summed E-state index contributed by atoms with van der Waals surface area (Å²) in [5.74, 6) is 1.82. The van der Waals surface area contributed by atoms with Crippen LogP contribution in [-0.2, 0) is 11.3 Å². The van der Waals surface area contributed by atoms with Crippen LogP contribution in [0.15, 0.2) is 18.2 Å². The molecule has 2 N–H and O–H groups in total. The van der Waals surface area contributed by atoms with Crippen LogP contribution in [0.25, 0.3) is 0 Å².